The fourth-order valence-electron chi connectivity index (χ4n) is 3.41. The molecule has 0 aliphatic carbocycles. The van der Waals surface area contributed by atoms with Crippen molar-refractivity contribution in [2.75, 3.05) is 34.0 Å². The average Bonchev–Trinajstić information content (AvgIpc) is 3.24. The molecule has 2 heterocycles. The molecule has 2 aliphatic rings. The van der Waals surface area contributed by atoms with Crippen LogP contribution in [0.5, 0.6) is 11.5 Å². The number of ether oxygens (including phenoxy) is 3. The van der Waals surface area contributed by atoms with Gasteiger partial charge in [-0.15, -0.1) is 0 Å². The van der Waals surface area contributed by atoms with E-state index in [2.05, 4.69) is 0 Å². The van der Waals surface area contributed by atoms with Crippen molar-refractivity contribution in [1.29, 1.82) is 0 Å². The number of amides is 1. The maximum atomic E-state index is 12.7. The van der Waals surface area contributed by atoms with Crippen LogP contribution in [0.3, 0.4) is 0 Å². The van der Waals surface area contributed by atoms with E-state index in [4.69, 9.17) is 14.2 Å². The van der Waals surface area contributed by atoms with Crippen molar-refractivity contribution in [3.05, 3.63) is 23.8 Å². The van der Waals surface area contributed by atoms with Crippen molar-refractivity contribution < 1.29 is 19.0 Å². The van der Waals surface area contributed by atoms with Gasteiger partial charge in [0.1, 0.15) is 11.5 Å². The molecule has 1 amide bonds. The average molecular weight is 305 g/mol. The summed E-state index contributed by atoms with van der Waals surface area (Å²) in [7, 11) is 3.30. The summed E-state index contributed by atoms with van der Waals surface area (Å²) >= 11 is 0. The highest BCUT2D eigenvalue weighted by Crippen LogP contribution is 2.39. The number of carbonyl (C=O) groups is 1. The van der Waals surface area contributed by atoms with Crippen LogP contribution in [0.2, 0.25) is 0 Å². The van der Waals surface area contributed by atoms with Crippen molar-refractivity contribution in [2.45, 2.75) is 25.3 Å². The molecule has 120 valence electrons. The predicted molar refractivity (Wildman–Crippen MR) is 82.2 cm³/mol. The zero-order valence-corrected chi connectivity index (χ0v) is 13.2. The third-order valence-electron chi connectivity index (χ3n) is 4.61. The molecule has 22 heavy (non-hydrogen) atoms. The van der Waals surface area contributed by atoms with Crippen LogP contribution in [0.4, 0.5) is 0 Å². The van der Waals surface area contributed by atoms with Crippen LogP contribution in [-0.4, -0.2) is 44.8 Å². The molecule has 0 aromatic heterocycles. The Kier molecular flexibility index (Phi) is 4.52. The second kappa shape index (κ2) is 6.57. The summed E-state index contributed by atoms with van der Waals surface area (Å²) in [5.41, 5.74) is 1.06. The molecule has 2 atom stereocenters. The topological polar surface area (TPSA) is 48.0 Å². The number of hydrogen-bond acceptors (Lipinski definition) is 4. The molecule has 1 aromatic rings. The molecular weight excluding hydrogens is 282 g/mol. The maximum absolute atomic E-state index is 12.7. The van der Waals surface area contributed by atoms with E-state index in [1.165, 1.54) is 0 Å². The quantitative estimate of drug-likeness (QED) is 0.857. The van der Waals surface area contributed by atoms with Crippen molar-refractivity contribution in [1.82, 2.24) is 4.90 Å². The van der Waals surface area contributed by atoms with E-state index in [1.54, 1.807) is 14.2 Å². The summed E-state index contributed by atoms with van der Waals surface area (Å²) < 4.78 is 16.1. The first-order valence-corrected chi connectivity index (χ1v) is 7.84. The second-order valence-corrected chi connectivity index (χ2v) is 5.86. The molecule has 2 aliphatic heterocycles. The van der Waals surface area contributed by atoms with Crippen LogP contribution in [0.1, 0.15) is 30.9 Å². The summed E-state index contributed by atoms with van der Waals surface area (Å²) in [6.45, 7) is 2.07. The normalized spacial score (nSPS) is 24.5. The summed E-state index contributed by atoms with van der Waals surface area (Å²) in [4.78, 5) is 14.7. The number of carbonyl (C=O) groups excluding carboxylic acids is 1. The molecule has 5 heteroatoms. The first kappa shape index (κ1) is 15.2. The zero-order chi connectivity index (χ0) is 15.5. The van der Waals surface area contributed by atoms with Gasteiger partial charge in [0.05, 0.1) is 32.8 Å². The van der Waals surface area contributed by atoms with Crippen LogP contribution >= 0.6 is 0 Å². The van der Waals surface area contributed by atoms with Gasteiger partial charge in [-0.25, -0.2) is 0 Å². The molecule has 0 radical (unpaired) electrons. The van der Waals surface area contributed by atoms with Gasteiger partial charge in [-0.05, 0) is 31.4 Å². The number of benzene rings is 1. The Labute approximate surface area is 131 Å². The zero-order valence-electron chi connectivity index (χ0n) is 13.2. The Morgan fingerprint density at radius 1 is 1.27 bits per heavy atom. The van der Waals surface area contributed by atoms with Crippen LogP contribution in [0.15, 0.2) is 18.2 Å². The van der Waals surface area contributed by atoms with E-state index in [1.807, 2.05) is 23.1 Å². The predicted octanol–water partition coefficient (Wildman–Crippen LogP) is 2.40. The number of rotatable bonds is 4. The molecule has 0 unspecified atom stereocenters. The standard InChI is InChI=1S/C17H23NO4/c1-20-13-5-6-14(16(10-13)21-2)15-4-3-8-18(15)17(19)12-7-9-22-11-12/h5-6,10,12,15H,3-4,7-9,11H2,1-2H3/t12-,15-/m1/s1. The van der Waals surface area contributed by atoms with Gasteiger partial charge < -0.3 is 19.1 Å². The van der Waals surface area contributed by atoms with E-state index >= 15 is 0 Å². The van der Waals surface area contributed by atoms with E-state index in [0.29, 0.717) is 13.2 Å². The summed E-state index contributed by atoms with van der Waals surface area (Å²) in [5, 5.41) is 0. The molecule has 2 fully saturated rings. The highest BCUT2D eigenvalue weighted by molar-refractivity contribution is 5.80. The lowest BCUT2D eigenvalue weighted by molar-refractivity contribution is -0.136. The SMILES string of the molecule is COc1ccc([C@H]2CCCN2C(=O)[C@@H]2CCOC2)c(OC)c1. The molecule has 1 aromatic carbocycles. The Balaban J connectivity index is 1.84. The van der Waals surface area contributed by atoms with Crippen LogP contribution in [-0.2, 0) is 9.53 Å². The Morgan fingerprint density at radius 2 is 2.14 bits per heavy atom. The van der Waals surface area contributed by atoms with E-state index in [9.17, 15) is 4.79 Å². The van der Waals surface area contributed by atoms with Gasteiger partial charge >= 0.3 is 0 Å². The minimum absolute atomic E-state index is 0.0184. The fraction of sp³-hybridized carbons (Fsp3) is 0.588. The van der Waals surface area contributed by atoms with Crippen LogP contribution < -0.4 is 9.47 Å². The summed E-state index contributed by atoms with van der Waals surface area (Å²) in [5.74, 6) is 1.79. The highest BCUT2D eigenvalue weighted by Gasteiger charge is 2.36. The lowest BCUT2D eigenvalue weighted by Crippen LogP contribution is -2.36. The Bertz CT molecular complexity index is 539. The van der Waals surface area contributed by atoms with Gasteiger partial charge in [0.15, 0.2) is 0 Å². The lowest BCUT2D eigenvalue weighted by atomic mass is 10.0. The first-order valence-electron chi connectivity index (χ1n) is 7.84. The van der Waals surface area contributed by atoms with Gasteiger partial charge in [-0.2, -0.15) is 0 Å². The van der Waals surface area contributed by atoms with Gasteiger partial charge in [0.2, 0.25) is 5.91 Å². The minimum atomic E-state index is 0.0184. The molecule has 0 saturated carbocycles. The Morgan fingerprint density at radius 3 is 2.82 bits per heavy atom. The van der Waals surface area contributed by atoms with Crippen molar-refractivity contribution in [3.63, 3.8) is 0 Å². The lowest BCUT2D eigenvalue weighted by Gasteiger charge is -2.28. The molecule has 0 spiro atoms. The molecule has 0 bridgehead atoms. The van der Waals surface area contributed by atoms with E-state index < -0.39 is 0 Å². The van der Waals surface area contributed by atoms with Gasteiger partial charge in [0, 0.05) is 24.8 Å². The third-order valence-corrected chi connectivity index (χ3v) is 4.61. The van der Waals surface area contributed by atoms with Gasteiger partial charge in [-0.1, -0.05) is 0 Å². The molecule has 5 nitrogen and oxygen atoms in total. The van der Waals surface area contributed by atoms with E-state index in [0.717, 1.165) is 42.9 Å². The fourth-order valence-corrected chi connectivity index (χ4v) is 3.41. The largest absolute Gasteiger partial charge is 0.497 e. The minimum Gasteiger partial charge on any atom is -0.497 e. The van der Waals surface area contributed by atoms with Crippen molar-refractivity contribution in [2.24, 2.45) is 5.92 Å². The van der Waals surface area contributed by atoms with Crippen molar-refractivity contribution >= 4 is 5.91 Å². The van der Waals surface area contributed by atoms with Crippen LogP contribution in [0.25, 0.3) is 0 Å². The second-order valence-electron chi connectivity index (χ2n) is 5.86. The molecule has 2 saturated heterocycles. The van der Waals surface area contributed by atoms with E-state index in [-0.39, 0.29) is 17.9 Å². The van der Waals surface area contributed by atoms with Crippen LogP contribution in [0, 0.1) is 5.92 Å². The van der Waals surface area contributed by atoms with Gasteiger partial charge in [0.25, 0.3) is 0 Å². The first-order chi connectivity index (χ1) is 10.7. The Hall–Kier alpha value is -1.75. The number of nitrogens with zero attached hydrogens (tertiary/aromatic N) is 1. The number of likely N-dealkylation sites (tertiary alicyclic amines) is 1. The smallest absolute Gasteiger partial charge is 0.228 e. The maximum Gasteiger partial charge on any atom is 0.228 e. The molecule has 0 N–H and O–H groups in total. The van der Waals surface area contributed by atoms with Crippen molar-refractivity contribution in [3.8, 4) is 11.5 Å². The van der Waals surface area contributed by atoms with Gasteiger partial charge in [-0.3, -0.25) is 4.79 Å². The summed E-state index contributed by atoms with van der Waals surface area (Å²) in [6.07, 6.45) is 2.84. The number of methoxy groups -OCH3 is 2. The monoisotopic (exact) mass is 305 g/mol. The highest BCUT2D eigenvalue weighted by atomic mass is 16.5. The number of hydrogen-bond donors (Lipinski definition) is 0. The molecule has 3 rings (SSSR count). The summed E-state index contributed by atoms with van der Waals surface area (Å²) in [6, 6.07) is 5.92. The third kappa shape index (κ3) is 2.77. The molecular formula is C17H23NO4.